The monoisotopic (exact) mass is 441 g/mol. The second kappa shape index (κ2) is 12.5. The number of nitrogens with one attached hydrogen (secondary N) is 3. The van der Waals surface area contributed by atoms with Gasteiger partial charge in [-0.25, -0.2) is 4.99 Å². The quantitative estimate of drug-likeness (QED) is 0.312. The van der Waals surface area contributed by atoms with Gasteiger partial charge in [-0.3, -0.25) is 9.59 Å². The van der Waals surface area contributed by atoms with E-state index in [1.54, 1.807) is 0 Å². The highest BCUT2D eigenvalue weighted by molar-refractivity contribution is 5.94. The molecule has 1 saturated carbocycles. The maximum Gasteiger partial charge on any atom is 0.251 e. The van der Waals surface area contributed by atoms with Gasteiger partial charge in [-0.1, -0.05) is 38.3 Å². The van der Waals surface area contributed by atoms with E-state index in [4.69, 9.17) is 4.99 Å². The predicted molar refractivity (Wildman–Crippen MR) is 129 cm³/mol. The Morgan fingerprint density at radius 1 is 1.06 bits per heavy atom. The molecule has 1 aromatic rings. The van der Waals surface area contributed by atoms with Gasteiger partial charge in [0.2, 0.25) is 5.91 Å². The summed E-state index contributed by atoms with van der Waals surface area (Å²) in [5.41, 5.74) is 1.73. The molecule has 0 spiro atoms. The van der Waals surface area contributed by atoms with Crippen LogP contribution in [0.2, 0.25) is 0 Å². The first kappa shape index (κ1) is 24.1. The van der Waals surface area contributed by atoms with Crippen LogP contribution in [0.15, 0.2) is 29.3 Å². The van der Waals surface area contributed by atoms with Crippen LogP contribution >= 0.6 is 0 Å². The van der Waals surface area contributed by atoms with Crippen molar-refractivity contribution >= 4 is 17.8 Å². The molecule has 0 bridgehead atoms. The number of likely N-dealkylation sites (tertiary alicyclic amines) is 1. The molecule has 0 aromatic heterocycles. The van der Waals surface area contributed by atoms with E-state index in [9.17, 15) is 9.59 Å². The Labute approximate surface area is 192 Å². The second-order valence-corrected chi connectivity index (χ2v) is 8.90. The third kappa shape index (κ3) is 6.97. The van der Waals surface area contributed by atoms with Gasteiger partial charge in [0.25, 0.3) is 5.91 Å². The molecule has 1 aliphatic carbocycles. The summed E-state index contributed by atoms with van der Waals surface area (Å²) < 4.78 is 0. The lowest BCUT2D eigenvalue weighted by Gasteiger charge is -2.21. The number of guanidine groups is 1. The molecular weight excluding hydrogens is 402 g/mol. The minimum atomic E-state index is -0.0264. The zero-order valence-corrected chi connectivity index (χ0v) is 19.7. The summed E-state index contributed by atoms with van der Waals surface area (Å²) in [7, 11) is 0. The van der Waals surface area contributed by atoms with E-state index in [1.165, 1.54) is 12.8 Å². The molecule has 2 fully saturated rings. The number of aliphatic imine (C=N–C) groups is 1. The fraction of sp³-hybridized carbons (Fsp3) is 0.640. The fourth-order valence-electron chi connectivity index (χ4n) is 4.44. The van der Waals surface area contributed by atoms with Crippen molar-refractivity contribution < 1.29 is 9.59 Å². The molecule has 1 atom stereocenters. The largest absolute Gasteiger partial charge is 0.357 e. The average Bonchev–Trinajstić information content (AvgIpc) is 3.50. The van der Waals surface area contributed by atoms with Gasteiger partial charge in [0.05, 0.1) is 6.54 Å². The van der Waals surface area contributed by atoms with Crippen molar-refractivity contribution in [1.82, 2.24) is 20.9 Å². The molecule has 1 heterocycles. The Kier molecular flexibility index (Phi) is 9.38. The van der Waals surface area contributed by atoms with Gasteiger partial charge in [0.1, 0.15) is 0 Å². The van der Waals surface area contributed by atoms with Crippen LogP contribution in [-0.4, -0.2) is 54.9 Å². The van der Waals surface area contributed by atoms with E-state index < -0.39 is 0 Å². The highest BCUT2D eigenvalue weighted by Crippen LogP contribution is 2.27. The highest BCUT2D eigenvalue weighted by Gasteiger charge is 2.32. The number of rotatable bonds is 9. The van der Waals surface area contributed by atoms with Gasteiger partial charge in [-0.05, 0) is 50.3 Å². The first-order valence-corrected chi connectivity index (χ1v) is 12.3. The first-order valence-electron chi connectivity index (χ1n) is 12.3. The van der Waals surface area contributed by atoms with Crippen molar-refractivity contribution in [1.29, 1.82) is 0 Å². The summed E-state index contributed by atoms with van der Waals surface area (Å²) in [6, 6.07) is 7.86. The van der Waals surface area contributed by atoms with Crippen LogP contribution in [0.25, 0.3) is 0 Å². The van der Waals surface area contributed by atoms with Gasteiger partial charge in [0.15, 0.2) is 5.96 Å². The molecule has 2 aliphatic rings. The topological polar surface area (TPSA) is 85.8 Å². The number of benzene rings is 1. The van der Waals surface area contributed by atoms with Crippen molar-refractivity contribution in [2.45, 2.75) is 71.4 Å². The Bertz CT molecular complexity index is 771. The molecule has 1 saturated heterocycles. The lowest BCUT2D eigenvalue weighted by atomic mass is 10.1. The Hall–Kier alpha value is -2.57. The lowest BCUT2D eigenvalue weighted by molar-refractivity contribution is -0.134. The minimum absolute atomic E-state index is 0.0264. The zero-order chi connectivity index (χ0) is 22.8. The van der Waals surface area contributed by atoms with Crippen molar-refractivity contribution in [3.05, 3.63) is 35.4 Å². The molecule has 1 unspecified atom stereocenters. The van der Waals surface area contributed by atoms with Crippen molar-refractivity contribution in [2.75, 3.05) is 26.2 Å². The van der Waals surface area contributed by atoms with Gasteiger partial charge in [-0.2, -0.15) is 0 Å². The molecular formula is C25H39N5O2. The predicted octanol–water partition coefficient (Wildman–Crippen LogP) is 3.06. The number of carbonyl (C=O) groups excluding carboxylic acids is 2. The van der Waals surface area contributed by atoms with E-state index in [-0.39, 0.29) is 17.9 Å². The van der Waals surface area contributed by atoms with Gasteiger partial charge in [-0.15, -0.1) is 0 Å². The van der Waals surface area contributed by atoms with E-state index in [0.717, 1.165) is 63.3 Å². The molecule has 1 aliphatic heterocycles. The third-order valence-electron chi connectivity index (χ3n) is 6.34. The Balaban J connectivity index is 1.50. The molecule has 1 aromatic carbocycles. The van der Waals surface area contributed by atoms with Gasteiger partial charge in [0, 0.05) is 43.7 Å². The number of hydrogen-bond acceptors (Lipinski definition) is 3. The second-order valence-electron chi connectivity index (χ2n) is 8.90. The Morgan fingerprint density at radius 3 is 2.50 bits per heavy atom. The number of nitrogens with zero attached hydrogens (tertiary/aromatic N) is 2. The van der Waals surface area contributed by atoms with Crippen LogP contribution < -0.4 is 16.0 Å². The molecule has 7 heteroatoms. The number of hydrogen-bond donors (Lipinski definition) is 3. The first-order chi connectivity index (χ1) is 15.6. The summed E-state index contributed by atoms with van der Waals surface area (Å²) in [6.07, 6.45) is 7.49. The van der Waals surface area contributed by atoms with Crippen LogP contribution in [-0.2, 0) is 11.3 Å². The molecule has 3 N–H and O–H groups in total. The van der Waals surface area contributed by atoms with Crippen molar-refractivity contribution in [2.24, 2.45) is 10.9 Å². The summed E-state index contributed by atoms with van der Waals surface area (Å²) >= 11 is 0. The summed E-state index contributed by atoms with van der Waals surface area (Å²) in [4.78, 5) is 31.6. The lowest BCUT2D eigenvalue weighted by Crippen LogP contribution is -2.45. The maximum absolute atomic E-state index is 12.7. The molecule has 176 valence electrons. The average molecular weight is 442 g/mol. The number of amides is 2. The molecule has 0 radical (unpaired) electrons. The molecule has 7 nitrogen and oxygen atoms in total. The highest BCUT2D eigenvalue weighted by atomic mass is 16.2. The molecule has 32 heavy (non-hydrogen) atoms. The van der Waals surface area contributed by atoms with Crippen LogP contribution in [0, 0.1) is 5.92 Å². The van der Waals surface area contributed by atoms with Gasteiger partial charge < -0.3 is 20.9 Å². The normalized spacial score (nSPS) is 19.2. The maximum atomic E-state index is 12.7. The number of carbonyl (C=O) groups is 2. The molecule has 3 rings (SSSR count). The van der Waals surface area contributed by atoms with E-state index in [1.807, 2.05) is 36.1 Å². The van der Waals surface area contributed by atoms with Crippen LogP contribution in [0.3, 0.4) is 0 Å². The van der Waals surface area contributed by atoms with Gasteiger partial charge >= 0.3 is 0 Å². The van der Waals surface area contributed by atoms with Crippen LogP contribution in [0.4, 0.5) is 0 Å². The Morgan fingerprint density at radius 2 is 1.81 bits per heavy atom. The number of unbranched alkanes of at least 4 members (excludes halogenated alkanes) is 1. The van der Waals surface area contributed by atoms with Crippen LogP contribution in [0.5, 0.6) is 0 Å². The van der Waals surface area contributed by atoms with E-state index in [2.05, 4.69) is 22.9 Å². The van der Waals surface area contributed by atoms with Crippen molar-refractivity contribution in [3.8, 4) is 0 Å². The summed E-state index contributed by atoms with van der Waals surface area (Å²) in [6.45, 7) is 7.76. The minimum Gasteiger partial charge on any atom is -0.357 e. The summed E-state index contributed by atoms with van der Waals surface area (Å²) in [5, 5.41) is 9.75. The third-order valence-corrected chi connectivity index (χ3v) is 6.34. The fourth-order valence-corrected chi connectivity index (χ4v) is 4.44. The standard InChI is InChI=1S/C25H39N5O2/c1-3-5-15-27-23(31)20-12-10-19(11-13-20)17-28-25(26-4-2)29-22-14-16-30(18-22)24(32)21-8-6-7-9-21/h10-13,21-22H,3-9,14-18H2,1-2H3,(H,27,31)(H2,26,28,29). The van der Waals surface area contributed by atoms with E-state index in [0.29, 0.717) is 24.6 Å². The van der Waals surface area contributed by atoms with E-state index >= 15 is 0 Å². The SMILES string of the molecule is CCCCNC(=O)c1ccc(CN=C(NCC)NC2CCN(C(=O)C3CCCC3)C2)cc1. The zero-order valence-electron chi connectivity index (χ0n) is 19.7. The summed E-state index contributed by atoms with van der Waals surface area (Å²) in [5.74, 6) is 1.33. The van der Waals surface area contributed by atoms with Crippen LogP contribution in [0.1, 0.15) is 74.7 Å². The molecule has 2 amide bonds. The van der Waals surface area contributed by atoms with Crippen molar-refractivity contribution in [3.63, 3.8) is 0 Å². The smallest absolute Gasteiger partial charge is 0.251 e.